The number of fused-ring (bicyclic) bond motifs is 2. The minimum absolute atomic E-state index is 0.0126. The molecule has 0 saturated heterocycles. The number of allylic oxidation sites excluding steroid dienone is 2. The van der Waals surface area contributed by atoms with Gasteiger partial charge in [0.2, 0.25) is 0 Å². The van der Waals surface area contributed by atoms with Crippen molar-refractivity contribution in [1.29, 1.82) is 0 Å². The molecule has 0 radical (unpaired) electrons. The highest BCUT2D eigenvalue weighted by molar-refractivity contribution is 5.87. The monoisotopic (exact) mass is 416 g/mol. The van der Waals surface area contributed by atoms with E-state index in [9.17, 15) is 4.79 Å². The quantitative estimate of drug-likeness (QED) is 0.355. The van der Waals surface area contributed by atoms with Crippen molar-refractivity contribution in [3.63, 3.8) is 0 Å². The highest BCUT2D eigenvalue weighted by Crippen LogP contribution is 2.33. The van der Waals surface area contributed by atoms with Crippen molar-refractivity contribution >= 4 is 21.9 Å². The Morgan fingerprint density at radius 2 is 2.03 bits per heavy atom. The largest absolute Gasteiger partial charge is 0.491 e. The Hall–Kier alpha value is -3.34. The molecule has 0 aliphatic heterocycles. The fourth-order valence-corrected chi connectivity index (χ4v) is 4.08. The molecule has 4 aromatic rings. The SMILES string of the molecule is C/C=C(\CC)OC(C)c1cc(C)cc2c(=O)c(C)c(-c3ccc4nn(C)cc4c3)oc12. The van der Waals surface area contributed by atoms with E-state index in [2.05, 4.69) is 12.0 Å². The highest BCUT2D eigenvalue weighted by atomic mass is 16.5. The summed E-state index contributed by atoms with van der Waals surface area (Å²) in [6.45, 7) is 9.84. The second kappa shape index (κ2) is 8.06. The number of aryl methyl sites for hydroxylation is 2. The van der Waals surface area contributed by atoms with Crippen LogP contribution in [0.15, 0.2) is 57.6 Å². The normalized spacial score (nSPS) is 13.2. The maximum absolute atomic E-state index is 13.3. The molecule has 0 amide bonds. The van der Waals surface area contributed by atoms with Gasteiger partial charge >= 0.3 is 0 Å². The van der Waals surface area contributed by atoms with Crippen molar-refractivity contribution in [3.05, 3.63) is 75.3 Å². The van der Waals surface area contributed by atoms with E-state index in [-0.39, 0.29) is 11.5 Å². The second-order valence-electron chi connectivity index (χ2n) is 8.06. The molecule has 5 nitrogen and oxygen atoms in total. The Kier molecular flexibility index (Phi) is 5.44. The lowest BCUT2D eigenvalue weighted by Crippen LogP contribution is -2.10. The number of rotatable bonds is 5. The third kappa shape index (κ3) is 3.76. The van der Waals surface area contributed by atoms with Crippen molar-refractivity contribution in [3.8, 4) is 11.3 Å². The van der Waals surface area contributed by atoms with Crippen LogP contribution in [-0.4, -0.2) is 9.78 Å². The minimum atomic E-state index is -0.243. The van der Waals surface area contributed by atoms with Gasteiger partial charge in [-0.3, -0.25) is 9.48 Å². The first-order valence-corrected chi connectivity index (χ1v) is 10.7. The molecular formula is C26H28N2O3. The molecule has 0 bridgehead atoms. The molecule has 1 unspecified atom stereocenters. The highest BCUT2D eigenvalue weighted by Gasteiger charge is 2.20. The molecule has 2 aromatic carbocycles. The van der Waals surface area contributed by atoms with Crippen LogP contribution in [0.1, 0.15) is 50.0 Å². The topological polar surface area (TPSA) is 57.3 Å². The van der Waals surface area contributed by atoms with E-state index in [4.69, 9.17) is 9.15 Å². The number of ether oxygens (including phenoxy) is 1. The van der Waals surface area contributed by atoms with Crippen LogP contribution < -0.4 is 5.43 Å². The summed E-state index contributed by atoms with van der Waals surface area (Å²) in [5.74, 6) is 1.50. The first-order valence-electron chi connectivity index (χ1n) is 10.7. The zero-order valence-corrected chi connectivity index (χ0v) is 18.9. The van der Waals surface area contributed by atoms with Gasteiger partial charge < -0.3 is 9.15 Å². The molecule has 0 fully saturated rings. The van der Waals surface area contributed by atoms with Gasteiger partial charge in [-0.2, -0.15) is 5.10 Å². The van der Waals surface area contributed by atoms with Gasteiger partial charge in [0.05, 0.1) is 16.7 Å². The van der Waals surface area contributed by atoms with Crippen molar-refractivity contribution in [2.24, 2.45) is 7.05 Å². The zero-order valence-electron chi connectivity index (χ0n) is 18.9. The first-order chi connectivity index (χ1) is 14.8. The van der Waals surface area contributed by atoms with Gasteiger partial charge in [0.15, 0.2) is 5.43 Å². The van der Waals surface area contributed by atoms with Crippen LogP contribution >= 0.6 is 0 Å². The average Bonchev–Trinajstić information content (AvgIpc) is 3.13. The third-order valence-electron chi connectivity index (χ3n) is 5.71. The van der Waals surface area contributed by atoms with Gasteiger partial charge in [0, 0.05) is 41.7 Å². The maximum atomic E-state index is 13.3. The van der Waals surface area contributed by atoms with Crippen LogP contribution in [0, 0.1) is 13.8 Å². The van der Waals surface area contributed by atoms with E-state index in [0.29, 0.717) is 22.3 Å². The Morgan fingerprint density at radius 3 is 2.74 bits per heavy atom. The van der Waals surface area contributed by atoms with Gasteiger partial charge in [-0.15, -0.1) is 0 Å². The standard InChI is InChI=1S/C26H28N2O3/c1-7-20(8-2)30-17(5)21-11-15(3)12-22-24(29)16(4)25(31-26(21)22)18-9-10-23-19(13-18)14-28(6)27-23/h7,9-14,17H,8H2,1-6H3/b20-7+. The Bertz CT molecular complexity index is 1380. The van der Waals surface area contributed by atoms with Crippen LogP contribution in [0.4, 0.5) is 0 Å². The molecule has 1 atom stereocenters. The summed E-state index contributed by atoms with van der Waals surface area (Å²) in [6, 6.07) is 9.87. The molecule has 2 heterocycles. The fourth-order valence-electron chi connectivity index (χ4n) is 4.08. The molecule has 5 heteroatoms. The summed E-state index contributed by atoms with van der Waals surface area (Å²) in [5.41, 5.74) is 4.83. The van der Waals surface area contributed by atoms with Gasteiger partial charge in [-0.05, 0) is 69.7 Å². The van der Waals surface area contributed by atoms with Crippen molar-refractivity contribution in [2.75, 3.05) is 0 Å². The second-order valence-corrected chi connectivity index (χ2v) is 8.06. The van der Waals surface area contributed by atoms with E-state index >= 15 is 0 Å². The van der Waals surface area contributed by atoms with Crippen LogP contribution in [-0.2, 0) is 11.8 Å². The van der Waals surface area contributed by atoms with Crippen molar-refractivity contribution < 1.29 is 9.15 Å². The minimum Gasteiger partial charge on any atom is -0.491 e. The van der Waals surface area contributed by atoms with Crippen molar-refractivity contribution in [2.45, 2.75) is 47.1 Å². The number of benzene rings is 2. The van der Waals surface area contributed by atoms with Gasteiger partial charge in [-0.25, -0.2) is 0 Å². The Morgan fingerprint density at radius 1 is 1.26 bits per heavy atom. The summed E-state index contributed by atoms with van der Waals surface area (Å²) in [5, 5.41) is 6.02. The van der Waals surface area contributed by atoms with Crippen LogP contribution in [0.5, 0.6) is 0 Å². The summed E-state index contributed by atoms with van der Waals surface area (Å²) in [7, 11) is 1.90. The molecule has 2 aromatic heterocycles. The summed E-state index contributed by atoms with van der Waals surface area (Å²) in [4.78, 5) is 13.3. The van der Waals surface area contributed by atoms with Gasteiger partial charge in [0.25, 0.3) is 0 Å². The molecular weight excluding hydrogens is 388 g/mol. The number of hydrogen-bond donors (Lipinski definition) is 0. The van der Waals surface area contributed by atoms with Crippen LogP contribution in [0.2, 0.25) is 0 Å². The number of nitrogens with zero attached hydrogens (tertiary/aromatic N) is 2. The lowest BCUT2D eigenvalue weighted by molar-refractivity contribution is 0.127. The van der Waals surface area contributed by atoms with E-state index in [1.165, 1.54) is 0 Å². The van der Waals surface area contributed by atoms with E-state index < -0.39 is 0 Å². The molecule has 160 valence electrons. The number of aromatic nitrogens is 2. The molecule has 0 spiro atoms. The summed E-state index contributed by atoms with van der Waals surface area (Å²) < 4.78 is 14.4. The van der Waals surface area contributed by atoms with Gasteiger partial charge in [0.1, 0.15) is 17.4 Å². The number of hydrogen-bond acceptors (Lipinski definition) is 4. The molecule has 31 heavy (non-hydrogen) atoms. The maximum Gasteiger partial charge on any atom is 0.196 e. The lowest BCUT2D eigenvalue weighted by Gasteiger charge is -2.19. The first kappa shape index (κ1) is 20.9. The molecule has 0 saturated carbocycles. The van der Waals surface area contributed by atoms with Crippen LogP contribution in [0.25, 0.3) is 33.2 Å². The fraction of sp³-hybridized carbons (Fsp3) is 0.308. The summed E-state index contributed by atoms with van der Waals surface area (Å²) in [6.07, 6.45) is 4.50. The lowest BCUT2D eigenvalue weighted by atomic mass is 9.99. The van der Waals surface area contributed by atoms with E-state index in [0.717, 1.165) is 39.8 Å². The van der Waals surface area contributed by atoms with Crippen molar-refractivity contribution in [1.82, 2.24) is 9.78 Å². The molecule has 4 rings (SSSR count). The zero-order chi connectivity index (χ0) is 22.3. The molecule has 0 N–H and O–H groups in total. The molecule has 0 aliphatic rings. The van der Waals surface area contributed by atoms with E-state index in [1.54, 1.807) is 4.68 Å². The summed E-state index contributed by atoms with van der Waals surface area (Å²) >= 11 is 0. The van der Waals surface area contributed by atoms with Crippen LogP contribution in [0.3, 0.4) is 0 Å². The Balaban J connectivity index is 1.94. The average molecular weight is 417 g/mol. The third-order valence-corrected chi connectivity index (χ3v) is 5.71. The predicted molar refractivity (Wildman–Crippen MR) is 125 cm³/mol. The predicted octanol–water partition coefficient (Wildman–Crippen LogP) is 6.35. The smallest absolute Gasteiger partial charge is 0.196 e. The van der Waals surface area contributed by atoms with Gasteiger partial charge in [-0.1, -0.05) is 6.92 Å². The van der Waals surface area contributed by atoms with E-state index in [1.807, 2.05) is 77.3 Å². The molecule has 0 aliphatic carbocycles. The Labute approximate surface area is 181 Å².